The highest BCUT2D eigenvalue weighted by atomic mass is 16.5. The topological polar surface area (TPSA) is 127 Å². The van der Waals surface area contributed by atoms with Gasteiger partial charge in [-0.05, 0) is 27.7 Å². The van der Waals surface area contributed by atoms with Crippen molar-refractivity contribution >= 4 is 23.9 Å². The summed E-state index contributed by atoms with van der Waals surface area (Å²) >= 11 is 0. The maximum atomic E-state index is 11.2. The van der Waals surface area contributed by atoms with E-state index < -0.39 is 29.3 Å². The van der Waals surface area contributed by atoms with Gasteiger partial charge in [-0.15, -0.1) is 0 Å². The third-order valence-electron chi connectivity index (χ3n) is 2.62. The van der Waals surface area contributed by atoms with Gasteiger partial charge in [0, 0.05) is 27.7 Å². The molecule has 0 aromatic rings. The molecule has 0 fully saturated rings. The fourth-order valence-electron chi connectivity index (χ4n) is 0.810. The van der Waals surface area contributed by atoms with Crippen LogP contribution in [0.1, 0.15) is 41.5 Å². The molecule has 0 spiro atoms. The van der Waals surface area contributed by atoms with Crippen LogP contribution in [0.3, 0.4) is 0 Å². The predicted molar refractivity (Wildman–Crippen MR) is 110 cm³/mol. The predicted octanol–water partition coefficient (Wildman–Crippen LogP) is 3.55. The number of carbonyl (C=O) groups is 4. The number of aliphatic carboxylic acids is 2. The number of esters is 2. The van der Waals surface area contributed by atoms with Gasteiger partial charge in [0.05, 0.1) is 13.2 Å². The van der Waals surface area contributed by atoms with E-state index in [1.165, 1.54) is 13.8 Å². The lowest BCUT2D eigenvalue weighted by molar-refractivity contribution is -0.147. The van der Waals surface area contributed by atoms with Crippen molar-refractivity contribution in [2.24, 2.45) is 5.41 Å². The highest BCUT2D eigenvalue weighted by Crippen LogP contribution is 2.17. The van der Waals surface area contributed by atoms with E-state index in [2.05, 4.69) is 26.3 Å². The van der Waals surface area contributed by atoms with Gasteiger partial charge >= 0.3 is 23.9 Å². The molecule has 0 aliphatic heterocycles. The minimum absolute atomic E-state index is 0.169. The number of carboxylic acid groups (broad SMARTS) is 2. The summed E-state index contributed by atoms with van der Waals surface area (Å²) in [6.45, 7) is 23.3. The third kappa shape index (κ3) is 21.0. The molecule has 0 saturated carbocycles. The summed E-state index contributed by atoms with van der Waals surface area (Å²) in [7, 11) is 0. The van der Waals surface area contributed by atoms with Crippen molar-refractivity contribution in [2.45, 2.75) is 41.5 Å². The van der Waals surface area contributed by atoms with Gasteiger partial charge in [0.1, 0.15) is 0 Å². The molecule has 0 saturated heterocycles. The SMILES string of the molecule is C=C(C)C(=O)O.C=C(C)C(=O)O.C=C(C)C(=O)OCC(C)(C)COC(=O)C(=C)C. The zero-order chi connectivity index (χ0) is 23.9. The highest BCUT2D eigenvalue weighted by Gasteiger charge is 2.23. The van der Waals surface area contributed by atoms with E-state index >= 15 is 0 Å². The molecule has 0 aromatic heterocycles. The molecule has 0 rings (SSSR count). The lowest BCUT2D eigenvalue weighted by atomic mass is 9.96. The Hall–Kier alpha value is -3.16. The summed E-state index contributed by atoms with van der Waals surface area (Å²) in [6, 6.07) is 0. The van der Waals surface area contributed by atoms with Crippen LogP contribution in [-0.2, 0) is 28.7 Å². The van der Waals surface area contributed by atoms with Crippen LogP contribution < -0.4 is 0 Å². The molecule has 0 bridgehead atoms. The van der Waals surface area contributed by atoms with Crippen LogP contribution in [0, 0.1) is 5.41 Å². The lowest BCUT2D eigenvalue weighted by Crippen LogP contribution is -2.28. The fourth-order valence-corrected chi connectivity index (χ4v) is 0.810. The van der Waals surface area contributed by atoms with Crippen molar-refractivity contribution in [3.05, 3.63) is 48.6 Å². The van der Waals surface area contributed by atoms with Crippen molar-refractivity contribution in [3.8, 4) is 0 Å². The first-order valence-electron chi connectivity index (χ1n) is 8.37. The van der Waals surface area contributed by atoms with Crippen LogP contribution in [0.25, 0.3) is 0 Å². The van der Waals surface area contributed by atoms with Crippen molar-refractivity contribution in [2.75, 3.05) is 13.2 Å². The molecular formula is C21H32O8. The molecule has 8 heteroatoms. The summed E-state index contributed by atoms with van der Waals surface area (Å²) in [5.41, 5.74) is 0.611. The van der Waals surface area contributed by atoms with Crippen molar-refractivity contribution in [1.29, 1.82) is 0 Å². The summed E-state index contributed by atoms with van der Waals surface area (Å²) in [6.07, 6.45) is 0. The van der Waals surface area contributed by atoms with Crippen molar-refractivity contribution < 1.29 is 38.9 Å². The number of hydrogen-bond donors (Lipinski definition) is 2. The highest BCUT2D eigenvalue weighted by molar-refractivity contribution is 5.87. The first-order chi connectivity index (χ1) is 12.9. The van der Waals surface area contributed by atoms with E-state index in [1.807, 2.05) is 13.8 Å². The van der Waals surface area contributed by atoms with Crippen molar-refractivity contribution in [1.82, 2.24) is 0 Å². The van der Waals surface area contributed by atoms with Crippen LogP contribution in [-0.4, -0.2) is 47.3 Å². The normalized spacial score (nSPS) is 9.31. The maximum Gasteiger partial charge on any atom is 0.333 e. The summed E-state index contributed by atoms with van der Waals surface area (Å²) in [5.74, 6) is -2.75. The lowest BCUT2D eigenvalue weighted by Gasteiger charge is -2.23. The molecule has 29 heavy (non-hydrogen) atoms. The Morgan fingerprint density at radius 1 is 0.655 bits per heavy atom. The molecule has 0 unspecified atom stereocenters. The molecule has 0 aliphatic carbocycles. The minimum Gasteiger partial charge on any atom is -0.478 e. The zero-order valence-electron chi connectivity index (χ0n) is 18.1. The smallest absolute Gasteiger partial charge is 0.333 e. The van der Waals surface area contributed by atoms with Crippen molar-refractivity contribution in [3.63, 3.8) is 0 Å². The zero-order valence-corrected chi connectivity index (χ0v) is 18.1. The molecule has 0 atom stereocenters. The van der Waals surface area contributed by atoms with Crippen LogP contribution in [0.4, 0.5) is 0 Å². The van der Waals surface area contributed by atoms with Crippen LogP contribution in [0.2, 0.25) is 0 Å². The monoisotopic (exact) mass is 412 g/mol. The second kappa shape index (κ2) is 14.8. The van der Waals surface area contributed by atoms with Gasteiger partial charge in [-0.25, -0.2) is 19.2 Å². The average molecular weight is 412 g/mol. The van der Waals surface area contributed by atoms with E-state index in [1.54, 1.807) is 13.8 Å². The fraction of sp³-hybridized carbons (Fsp3) is 0.429. The first-order valence-corrected chi connectivity index (χ1v) is 8.37. The average Bonchev–Trinajstić information content (AvgIpc) is 2.58. The molecule has 0 heterocycles. The number of carboxylic acids is 2. The van der Waals surface area contributed by atoms with Gasteiger partial charge in [0.25, 0.3) is 0 Å². The van der Waals surface area contributed by atoms with Crippen LogP contribution >= 0.6 is 0 Å². The molecule has 0 aliphatic rings. The summed E-state index contributed by atoms with van der Waals surface area (Å²) in [5, 5.41) is 15.8. The Kier molecular flexibility index (Phi) is 15.6. The molecule has 8 nitrogen and oxygen atoms in total. The van der Waals surface area contributed by atoms with Gasteiger partial charge in [0.15, 0.2) is 0 Å². The molecular weight excluding hydrogens is 380 g/mol. The minimum atomic E-state index is -0.935. The molecule has 0 radical (unpaired) electrons. The maximum absolute atomic E-state index is 11.2. The third-order valence-corrected chi connectivity index (χ3v) is 2.62. The van der Waals surface area contributed by atoms with E-state index in [-0.39, 0.29) is 24.4 Å². The number of ether oxygens (including phenoxy) is 2. The second-order valence-electron chi connectivity index (χ2n) is 7.05. The van der Waals surface area contributed by atoms with Crippen LogP contribution in [0.5, 0.6) is 0 Å². The first kappa shape index (κ1) is 30.6. The Morgan fingerprint density at radius 3 is 1.00 bits per heavy atom. The quantitative estimate of drug-likeness (QED) is 0.458. The van der Waals surface area contributed by atoms with E-state index in [4.69, 9.17) is 19.7 Å². The van der Waals surface area contributed by atoms with Gasteiger partial charge in [0.2, 0.25) is 0 Å². The number of rotatable bonds is 8. The molecule has 2 N–H and O–H groups in total. The summed E-state index contributed by atoms with van der Waals surface area (Å²) in [4.78, 5) is 41.6. The summed E-state index contributed by atoms with van der Waals surface area (Å²) < 4.78 is 10.0. The molecule has 0 amide bonds. The number of hydrogen-bond acceptors (Lipinski definition) is 6. The van der Waals surface area contributed by atoms with Gasteiger partial charge in [-0.3, -0.25) is 0 Å². The number of carbonyl (C=O) groups excluding carboxylic acids is 2. The van der Waals surface area contributed by atoms with Gasteiger partial charge in [-0.1, -0.05) is 40.2 Å². The standard InChI is InChI=1S/C13H20O4.2C4H6O2/c1-9(2)11(14)16-7-13(5,6)8-17-12(15)10(3)4;2*1-3(2)4(5)6/h1,3,7-8H2,2,4-6H3;2*1H2,2H3,(H,5,6). The largest absolute Gasteiger partial charge is 0.478 e. The van der Waals surface area contributed by atoms with Gasteiger partial charge in [-0.2, -0.15) is 0 Å². The second-order valence-corrected chi connectivity index (χ2v) is 7.05. The van der Waals surface area contributed by atoms with E-state index in [9.17, 15) is 19.2 Å². The van der Waals surface area contributed by atoms with Gasteiger partial charge < -0.3 is 19.7 Å². The Bertz CT molecular complexity index is 588. The molecule has 0 aromatic carbocycles. The Morgan fingerprint density at radius 2 is 0.862 bits per heavy atom. The Balaban J connectivity index is -0.000000460. The Labute approximate surface area is 172 Å². The van der Waals surface area contributed by atoms with E-state index in [0.717, 1.165) is 0 Å². The molecule has 164 valence electrons. The van der Waals surface area contributed by atoms with E-state index in [0.29, 0.717) is 11.1 Å². The van der Waals surface area contributed by atoms with Crippen LogP contribution in [0.15, 0.2) is 48.6 Å².